The van der Waals surface area contributed by atoms with Crippen molar-refractivity contribution in [3.05, 3.63) is 35.9 Å². The molecule has 23 heavy (non-hydrogen) atoms. The molecule has 0 aliphatic carbocycles. The van der Waals surface area contributed by atoms with Crippen molar-refractivity contribution in [2.24, 2.45) is 0 Å². The maximum absolute atomic E-state index is 3.54. The Hall–Kier alpha value is -0.860. The summed E-state index contributed by atoms with van der Waals surface area (Å²) in [5.41, 5.74) is 1.42. The fourth-order valence-corrected chi connectivity index (χ4v) is 2.86. The second-order valence-corrected chi connectivity index (χ2v) is 6.56. The van der Waals surface area contributed by atoms with E-state index in [4.69, 9.17) is 0 Å². The molecule has 0 radical (unpaired) electrons. The highest BCUT2D eigenvalue weighted by Gasteiger charge is 1.93. The molecule has 132 valence electrons. The van der Waals surface area contributed by atoms with E-state index in [1.807, 2.05) is 0 Å². The molecule has 0 aliphatic heterocycles. The van der Waals surface area contributed by atoms with Crippen LogP contribution < -0.4 is 10.6 Å². The quantitative estimate of drug-likeness (QED) is 0.422. The Bertz CT molecular complexity index is 337. The van der Waals surface area contributed by atoms with Gasteiger partial charge in [-0.2, -0.15) is 0 Å². The highest BCUT2D eigenvalue weighted by Crippen LogP contribution is 2.09. The van der Waals surface area contributed by atoms with Crippen molar-refractivity contribution in [1.29, 1.82) is 0 Å². The van der Waals surface area contributed by atoms with Crippen LogP contribution in [0.15, 0.2) is 30.3 Å². The van der Waals surface area contributed by atoms with E-state index >= 15 is 0 Å². The summed E-state index contributed by atoms with van der Waals surface area (Å²) in [7, 11) is 0. The topological polar surface area (TPSA) is 24.1 Å². The van der Waals surface area contributed by atoms with Crippen molar-refractivity contribution in [2.75, 3.05) is 26.2 Å². The maximum atomic E-state index is 3.54. The molecule has 0 saturated heterocycles. The minimum atomic E-state index is 1.07. The summed E-state index contributed by atoms with van der Waals surface area (Å²) >= 11 is 0. The van der Waals surface area contributed by atoms with Crippen LogP contribution in [0.1, 0.15) is 70.3 Å². The van der Waals surface area contributed by atoms with Crippen molar-refractivity contribution >= 4 is 0 Å². The summed E-state index contributed by atoms with van der Waals surface area (Å²) in [6, 6.07) is 10.7. The first-order valence-electron chi connectivity index (χ1n) is 9.89. The lowest BCUT2D eigenvalue weighted by atomic mass is 10.1. The predicted molar refractivity (Wildman–Crippen MR) is 103 cm³/mol. The van der Waals surface area contributed by atoms with E-state index in [2.05, 4.69) is 47.9 Å². The Morgan fingerprint density at radius 1 is 0.609 bits per heavy atom. The standard InChI is InChI=1S/C21H38N2/c1-2-3-4-5-6-7-8-9-13-17-22-19-20-23-18-16-21-14-11-10-12-15-21/h10-12,14-15,22-23H,2-9,13,16-20H2,1H3. The third kappa shape index (κ3) is 13.3. The Labute approximate surface area is 144 Å². The molecule has 2 nitrogen and oxygen atoms in total. The summed E-state index contributed by atoms with van der Waals surface area (Å²) in [5.74, 6) is 0. The number of rotatable bonds is 16. The predicted octanol–water partition coefficient (Wildman–Crippen LogP) is 4.94. The molecule has 0 aliphatic rings. The van der Waals surface area contributed by atoms with Crippen molar-refractivity contribution in [3.63, 3.8) is 0 Å². The second kappa shape index (κ2) is 16.0. The van der Waals surface area contributed by atoms with Gasteiger partial charge in [0.25, 0.3) is 0 Å². The number of unbranched alkanes of at least 4 members (excludes halogenated alkanes) is 8. The Morgan fingerprint density at radius 2 is 1.17 bits per heavy atom. The molecule has 1 aromatic carbocycles. The van der Waals surface area contributed by atoms with Crippen LogP contribution >= 0.6 is 0 Å². The first kappa shape index (κ1) is 20.2. The molecule has 1 aromatic rings. The minimum absolute atomic E-state index is 1.07. The first-order chi connectivity index (χ1) is 11.4. The molecule has 2 heteroatoms. The van der Waals surface area contributed by atoms with E-state index in [-0.39, 0.29) is 0 Å². The van der Waals surface area contributed by atoms with Crippen molar-refractivity contribution in [3.8, 4) is 0 Å². The molecule has 0 unspecified atom stereocenters. The molecule has 0 spiro atoms. The van der Waals surface area contributed by atoms with Crippen LogP contribution in [-0.4, -0.2) is 26.2 Å². The van der Waals surface area contributed by atoms with Gasteiger partial charge in [0.2, 0.25) is 0 Å². The fraction of sp³-hybridized carbons (Fsp3) is 0.714. The van der Waals surface area contributed by atoms with E-state index in [9.17, 15) is 0 Å². The largest absolute Gasteiger partial charge is 0.315 e. The third-order valence-corrected chi connectivity index (χ3v) is 4.37. The fourth-order valence-electron chi connectivity index (χ4n) is 2.86. The SMILES string of the molecule is CCCCCCCCCCCNCCNCCc1ccccc1. The van der Waals surface area contributed by atoms with Crippen molar-refractivity contribution < 1.29 is 0 Å². The van der Waals surface area contributed by atoms with Crippen LogP contribution in [-0.2, 0) is 6.42 Å². The summed E-state index contributed by atoms with van der Waals surface area (Å²) in [4.78, 5) is 0. The van der Waals surface area contributed by atoms with Gasteiger partial charge in [-0.3, -0.25) is 0 Å². The Kier molecular flexibility index (Phi) is 14.1. The van der Waals surface area contributed by atoms with Gasteiger partial charge in [0.1, 0.15) is 0 Å². The average Bonchev–Trinajstić information content (AvgIpc) is 2.59. The van der Waals surface area contributed by atoms with E-state index in [0.29, 0.717) is 0 Å². The van der Waals surface area contributed by atoms with Crippen molar-refractivity contribution in [2.45, 2.75) is 71.1 Å². The van der Waals surface area contributed by atoms with Gasteiger partial charge in [0.05, 0.1) is 0 Å². The van der Waals surface area contributed by atoms with Gasteiger partial charge < -0.3 is 10.6 Å². The highest BCUT2D eigenvalue weighted by molar-refractivity contribution is 5.14. The van der Waals surface area contributed by atoms with Crippen LogP contribution in [0.3, 0.4) is 0 Å². The van der Waals surface area contributed by atoms with E-state index in [1.165, 1.54) is 69.9 Å². The number of hydrogen-bond donors (Lipinski definition) is 2. The minimum Gasteiger partial charge on any atom is -0.315 e. The molecule has 0 atom stereocenters. The van der Waals surface area contributed by atoms with Crippen LogP contribution in [0.25, 0.3) is 0 Å². The Morgan fingerprint density at radius 3 is 1.83 bits per heavy atom. The summed E-state index contributed by atoms with van der Waals surface area (Å²) in [5, 5.41) is 7.05. The van der Waals surface area contributed by atoms with Crippen LogP contribution in [0.4, 0.5) is 0 Å². The van der Waals surface area contributed by atoms with Crippen molar-refractivity contribution in [1.82, 2.24) is 10.6 Å². The van der Waals surface area contributed by atoms with Crippen LogP contribution in [0.2, 0.25) is 0 Å². The lowest BCUT2D eigenvalue weighted by molar-refractivity contribution is 0.542. The van der Waals surface area contributed by atoms with Gasteiger partial charge in [-0.15, -0.1) is 0 Å². The van der Waals surface area contributed by atoms with Gasteiger partial charge in [0, 0.05) is 13.1 Å². The lowest BCUT2D eigenvalue weighted by Gasteiger charge is -2.07. The smallest absolute Gasteiger partial charge is 0.00768 e. The average molecular weight is 319 g/mol. The number of nitrogens with one attached hydrogen (secondary N) is 2. The van der Waals surface area contributed by atoms with E-state index in [1.54, 1.807) is 0 Å². The number of benzene rings is 1. The van der Waals surface area contributed by atoms with Crippen LogP contribution in [0.5, 0.6) is 0 Å². The summed E-state index contributed by atoms with van der Waals surface area (Å²) in [6.45, 7) is 6.70. The molecule has 1 rings (SSSR count). The number of hydrogen-bond acceptors (Lipinski definition) is 2. The third-order valence-electron chi connectivity index (χ3n) is 4.37. The zero-order chi connectivity index (χ0) is 16.4. The first-order valence-corrected chi connectivity index (χ1v) is 9.89. The molecule has 0 bridgehead atoms. The molecular formula is C21H38N2. The van der Waals surface area contributed by atoms with Gasteiger partial charge in [-0.1, -0.05) is 88.6 Å². The normalized spacial score (nSPS) is 11.0. The molecule has 0 aromatic heterocycles. The van der Waals surface area contributed by atoms with Gasteiger partial charge in [0.15, 0.2) is 0 Å². The monoisotopic (exact) mass is 318 g/mol. The summed E-state index contributed by atoms with van der Waals surface area (Å²) in [6.07, 6.45) is 13.8. The van der Waals surface area contributed by atoms with E-state index < -0.39 is 0 Å². The zero-order valence-electron chi connectivity index (χ0n) is 15.3. The van der Waals surface area contributed by atoms with Gasteiger partial charge >= 0.3 is 0 Å². The second-order valence-electron chi connectivity index (χ2n) is 6.56. The zero-order valence-corrected chi connectivity index (χ0v) is 15.3. The van der Waals surface area contributed by atoms with Gasteiger partial charge in [-0.25, -0.2) is 0 Å². The van der Waals surface area contributed by atoms with E-state index in [0.717, 1.165) is 26.1 Å². The highest BCUT2D eigenvalue weighted by atomic mass is 14.9. The molecular weight excluding hydrogens is 280 g/mol. The lowest BCUT2D eigenvalue weighted by Crippen LogP contribution is -2.29. The summed E-state index contributed by atoms with van der Waals surface area (Å²) < 4.78 is 0. The molecule has 2 N–H and O–H groups in total. The molecule has 0 heterocycles. The molecule has 0 fully saturated rings. The Balaban J connectivity index is 1.72. The van der Waals surface area contributed by atoms with Crippen LogP contribution in [0, 0.1) is 0 Å². The molecule has 0 amide bonds. The van der Waals surface area contributed by atoms with Gasteiger partial charge in [-0.05, 0) is 31.5 Å². The molecule has 0 saturated carbocycles. The maximum Gasteiger partial charge on any atom is 0.00768 e.